The van der Waals surface area contributed by atoms with Gasteiger partial charge in [0.05, 0.1) is 30.6 Å². The van der Waals surface area contributed by atoms with Crippen molar-refractivity contribution in [2.24, 2.45) is 0 Å². The summed E-state index contributed by atoms with van der Waals surface area (Å²) in [5, 5.41) is 23.6. The van der Waals surface area contributed by atoms with E-state index in [1.807, 2.05) is 18.2 Å². The number of benzene rings is 3. The molecule has 0 aliphatic carbocycles. The number of thiocarbonyl (C=S) groups is 2. The minimum Gasteiger partial charge on any atom is -0.493 e. The number of nitrogens with one attached hydrogen (secondary N) is 4. The zero-order valence-electron chi connectivity index (χ0n) is 24.8. The highest BCUT2D eigenvalue weighted by molar-refractivity contribution is 7.80. The van der Waals surface area contributed by atoms with Gasteiger partial charge < -0.3 is 39.9 Å². The van der Waals surface area contributed by atoms with Crippen molar-refractivity contribution in [1.29, 1.82) is 0 Å². The van der Waals surface area contributed by atoms with Crippen molar-refractivity contribution >= 4 is 68.9 Å². The lowest BCUT2D eigenvalue weighted by Crippen LogP contribution is -2.31. The number of para-hydroxylation sites is 3. The first kappa shape index (κ1) is 32.5. The van der Waals surface area contributed by atoms with Crippen LogP contribution in [0.1, 0.15) is 5.56 Å². The minimum atomic E-state index is -0.640. The lowest BCUT2D eigenvalue weighted by molar-refractivity contribution is -0.383. The number of nitrogens with zero attached hydrogens (tertiary/aromatic N) is 4. The van der Waals surface area contributed by atoms with E-state index >= 15 is 0 Å². The number of hydrogen-bond acceptors (Lipinski definition) is 12. The molecular weight excluding hydrogens is 649 g/mol. The first-order valence-corrected chi connectivity index (χ1v) is 14.6. The molecule has 0 saturated heterocycles. The molecule has 0 saturated carbocycles. The van der Waals surface area contributed by atoms with Gasteiger partial charge in [-0.05, 0) is 66.8 Å². The standard InChI is InChI=1S/C30H26N8O7S2/c1-42-22-12-11-17(15-24(22)43-2)13-14-31-29(46)36-26-33-27(37-30(47)32-19-8-4-5-9-20(19)38(40)41)35-28(34-26)45-23-16-25(39)44-21-10-6-3-7-18(21)23/h3-12,15-16H,13-14H2,1-2H3,(H4,31,32,33,34,35,36,37,46,47). The molecule has 0 bridgehead atoms. The van der Waals surface area contributed by atoms with Gasteiger partial charge in [0.2, 0.25) is 11.9 Å². The first-order chi connectivity index (χ1) is 22.7. The van der Waals surface area contributed by atoms with Crippen molar-refractivity contribution in [3.8, 4) is 23.3 Å². The van der Waals surface area contributed by atoms with Crippen molar-refractivity contribution < 1.29 is 23.6 Å². The molecule has 47 heavy (non-hydrogen) atoms. The fourth-order valence-electron chi connectivity index (χ4n) is 4.27. The molecule has 0 fully saturated rings. The second kappa shape index (κ2) is 14.9. The molecule has 2 heterocycles. The Morgan fingerprint density at radius 1 is 0.851 bits per heavy atom. The molecular formula is C30H26N8O7S2. The third kappa shape index (κ3) is 8.41. The maximum Gasteiger partial charge on any atom is 0.339 e. The van der Waals surface area contributed by atoms with Gasteiger partial charge in [-0.1, -0.05) is 30.3 Å². The van der Waals surface area contributed by atoms with Crippen LogP contribution in [0.4, 0.5) is 23.3 Å². The van der Waals surface area contributed by atoms with E-state index in [2.05, 4.69) is 36.2 Å². The average molecular weight is 675 g/mol. The lowest BCUT2D eigenvalue weighted by Gasteiger charge is -2.14. The number of aromatic nitrogens is 3. The third-order valence-electron chi connectivity index (χ3n) is 6.37. The lowest BCUT2D eigenvalue weighted by atomic mass is 10.1. The maximum absolute atomic E-state index is 12.2. The molecule has 4 N–H and O–H groups in total. The largest absolute Gasteiger partial charge is 0.493 e. The Morgan fingerprint density at radius 3 is 2.30 bits per heavy atom. The monoisotopic (exact) mass is 674 g/mol. The van der Waals surface area contributed by atoms with Crippen LogP contribution in [0, 0.1) is 10.1 Å². The number of rotatable bonds is 11. The Labute approximate surface area is 277 Å². The number of ether oxygens (including phenoxy) is 3. The molecule has 17 heteroatoms. The predicted octanol–water partition coefficient (Wildman–Crippen LogP) is 5.03. The number of nitro benzene ring substituents is 1. The summed E-state index contributed by atoms with van der Waals surface area (Å²) in [4.78, 5) is 36.0. The Hall–Kier alpha value is -5.94. The molecule has 0 radical (unpaired) electrons. The molecule has 3 aromatic carbocycles. The number of anilines is 3. The van der Waals surface area contributed by atoms with Gasteiger partial charge in [-0.25, -0.2) is 4.79 Å². The van der Waals surface area contributed by atoms with Crippen LogP contribution in [0.25, 0.3) is 11.0 Å². The fraction of sp³-hybridized carbons (Fsp3) is 0.133. The Morgan fingerprint density at radius 2 is 1.55 bits per heavy atom. The van der Waals surface area contributed by atoms with Gasteiger partial charge in [0.1, 0.15) is 17.0 Å². The van der Waals surface area contributed by atoms with E-state index in [0.717, 1.165) is 11.6 Å². The summed E-state index contributed by atoms with van der Waals surface area (Å²) >= 11 is 10.8. The second-order valence-corrected chi connectivity index (χ2v) is 10.3. The van der Waals surface area contributed by atoms with E-state index in [4.69, 9.17) is 43.1 Å². The summed E-state index contributed by atoms with van der Waals surface area (Å²) in [6.07, 6.45) is 0.607. The van der Waals surface area contributed by atoms with Crippen LogP contribution in [0.5, 0.6) is 23.3 Å². The topological polar surface area (TPSA) is 188 Å². The summed E-state index contributed by atoms with van der Waals surface area (Å²) in [6.45, 7) is 0.455. The SMILES string of the molecule is COc1ccc(CCNC(=S)Nc2nc(NC(=S)Nc3ccccc3[N+](=O)[O-])nc(Oc3cc(=O)oc4ccccc34)n2)cc1OC. The van der Waals surface area contributed by atoms with Crippen LogP contribution in [0.15, 0.2) is 82.0 Å². The smallest absolute Gasteiger partial charge is 0.339 e. The minimum absolute atomic E-state index is 0.0260. The normalized spacial score (nSPS) is 10.5. The summed E-state index contributed by atoms with van der Waals surface area (Å²) in [5.74, 6) is 1.26. The summed E-state index contributed by atoms with van der Waals surface area (Å²) in [6, 6.07) is 19.3. The predicted molar refractivity (Wildman–Crippen MR) is 183 cm³/mol. The molecule has 0 atom stereocenters. The Balaban J connectivity index is 1.35. The van der Waals surface area contributed by atoms with Crippen molar-refractivity contribution in [3.05, 3.63) is 98.9 Å². The summed E-state index contributed by atoms with van der Waals surface area (Å²) < 4.78 is 21.8. The van der Waals surface area contributed by atoms with Gasteiger partial charge in [0.15, 0.2) is 21.7 Å². The molecule has 5 rings (SSSR count). The molecule has 0 unspecified atom stereocenters. The van der Waals surface area contributed by atoms with E-state index in [9.17, 15) is 14.9 Å². The average Bonchev–Trinajstić information content (AvgIpc) is 3.04. The van der Waals surface area contributed by atoms with Crippen LogP contribution in [0.2, 0.25) is 0 Å². The third-order valence-corrected chi connectivity index (χ3v) is 6.83. The first-order valence-electron chi connectivity index (χ1n) is 13.8. The van der Waals surface area contributed by atoms with E-state index in [1.165, 1.54) is 18.2 Å². The van der Waals surface area contributed by atoms with E-state index in [-0.39, 0.29) is 45.3 Å². The highest BCUT2D eigenvalue weighted by Gasteiger charge is 2.17. The van der Waals surface area contributed by atoms with Crippen LogP contribution in [0.3, 0.4) is 0 Å². The van der Waals surface area contributed by atoms with Gasteiger partial charge in [-0.3, -0.25) is 10.1 Å². The van der Waals surface area contributed by atoms with Crippen LogP contribution in [-0.2, 0) is 6.42 Å². The van der Waals surface area contributed by atoms with Crippen molar-refractivity contribution in [1.82, 2.24) is 20.3 Å². The number of nitro groups is 1. The van der Waals surface area contributed by atoms with Gasteiger partial charge in [0.25, 0.3) is 5.69 Å². The Bertz CT molecular complexity index is 2020. The van der Waals surface area contributed by atoms with E-state index in [0.29, 0.717) is 35.4 Å². The molecule has 0 aliphatic rings. The molecule has 15 nitrogen and oxygen atoms in total. The number of hydrogen-bond donors (Lipinski definition) is 4. The van der Waals surface area contributed by atoms with Gasteiger partial charge >= 0.3 is 11.6 Å². The molecule has 0 spiro atoms. The van der Waals surface area contributed by atoms with Gasteiger partial charge in [-0.15, -0.1) is 0 Å². The molecule has 5 aromatic rings. The van der Waals surface area contributed by atoms with Gasteiger partial charge in [0, 0.05) is 12.6 Å². The zero-order chi connectivity index (χ0) is 33.3. The molecule has 2 aromatic heterocycles. The van der Waals surface area contributed by atoms with Crippen molar-refractivity contribution in [3.63, 3.8) is 0 Å². The van der Waals surface area contributed by atoms with E-state index in [1.54, 1.807) is 44.6 Å². The quantitative estimate of drug-likeness (QED) is 0.0631. The number of fused-ring (bicyclic) bond motifs is 1. The highest BCUT2D eigenvalue weighted by Crippen LogP contribution is 2.29. The van der Waals surface area contributed by atoms with Crippen LogP contribution in [-0.4, -0.2) is 50.9 Å². The molecule has 0 amide bonds. The van der Waals surface area contributed by atoms with Crippen LogP contribution >= 0.6 is 24.4 Å². The summed E-state index contributed by atoms with van der Waals surface area (Å²) in [7, 11) is 3.14. The Kier molecular flexibility index (Phi) is 10.3. The van der Waals surface area contributed by atoms with Crippen LogP contribution < -0.4 is 41.1 Å². The van der Waals surface area contributed by atoms with Crippen molar-refractivity contribution in [2.75, 3.05) is 36.7 Å². The summed E-state index contributed by atoms with van der Waals surface area (Å²) in [5.41, 5.74) is 0.619. The second-order valence-electron chi connectivity index (χ2n) is 9.47. The number of methoxy groups -OCH3 is 2. The zero-order valence-corrected chi connectivity index (χ0v) is 26.4. The van der Waals surface area contributed by atoms with Crippen molar-refractivity contribution in [2.45, 2.75) is 6.42 Å². The highest BCUT2D eigenvalue weighted by atomic mass is 32.1. The fourth-order valence-corrected chi connectivity index (χ4v) is 4.67. The molecule has 240 valence electrons. The van der Waals surface area contributed by atoms with E-state index < -0.39 is 10.5 Å². The van der Waals surface area contributed by atoms with Gasteiger partial charge in [-0.2, -0.15) is 15.0 Å². The molecule has 0 aliphatic heterocycles. The maximum atomic E-state index is 12.2.